The van der Waals surface area contributed by atoms with E-state index in [1.54, 1.807) is 24.8 Å². The van der Waals surface area contributed by atoms with Crippen LogP contribution >= 0.6 is 0 Å². The summed E-state index contributed by atoms with van der Waals surface area (Å²) in [6, 6.07) is 9.53. The van der Waals surface area contributed by atoms with Crippen molar-refractivity contribution in [3.63, 3.8) is 0 Å². The van der Waals surface area contributed by atoms with Crippen molar-refractivity contribution in [1.82, 2.24) is 24.5 Å². The summed E-state index contributed by atoms with van der Waals surface area (Å²) in [5, 5.41) is 3.69. The molecule has 0 bridgehead atoms. The molecule has 1 aliphatic heterocycles. The number of carbonyl (C=O) groups is 1. The van der Waals surface area contributed by atoms with Crippen LogP contribution in [0.4, 0.5) is 11.8 Å². The molecule has 1 aromatic carbocycles. The van der Waals surface area contributed by atoms with Gasteiger partial charge in [0.15, 0.2) is 0 Å². The summed E-state index contributed by atoms with van der Waals surface area (Å²) in [5.74, 6) is 0.806. The molecule has 0 atom stereocenters. The average molecular weight is 447 g/mol. The lowest BCUT2D eigenvalue weighted by Gasteiger charge is -2.43. The Labute approximate surface area is 202 Å². The molecular formula is C22H25B4N7O. The van der Waals surface area contributed by atoms with Gasteiger partial charge in [0.1, 0.15) is 37.2 Å². The lowest BCUT2D eigenvalue weighted by Crippen LogP contribution is -2.56. The molecule has 0 unspecified atom stereocenters. The Kier molecular flexibility index (Phi) is 5.26. The molecule has 1 N–H and O–H groups in total. The summed E-state index contributed by atoms with van der Waals surface area (Å²) < 4.78 is 1.95. The summed E-state index contributed by atoms with van der Waals surface area (Å²) >= 11 is 0. The number of amides is 1. The van der Waals surface area contributed by atoms with Gasteiger partial charge >= 0.3 is 0 Å². The second kappa shape index (κ2) is 8.04. The van der Waals surface area contributed by atoms with Crippen LogP contribution in [-0.2, 0) is 7.05 Å². The Morgan fingerprint density at radius 3 is 2.50 bits per heavy atom. The highest BCUT2D eigenvalue weighted by atomic mass is 16.1. The molecule has 0 radical (unpaired) electrons. The lowest BCUT2D eigenvalue weighted by atomic mass is 9.58. The zero-order valence-corrected chi connectivity index (χ0v) is 20.2. The highest BCUT2D eigenvalue weighted by Gasteiger charge is 2.44. The number of benzene rings is 1. The van der Waals surface area contributed by atoms with Crippen LogP contribution in [0.3, 0.4) is 0 Å². The number of carbonyl (C=O) groups excluding carboxylic acids is 1. The van der Waals surface area contributed by atoms with Crippen molar-refractivity contribution in [1.29, 1.82) is 0 Å². The minimum absolute atomic E-state index is 0.0291. The highest BCUT2D eigenvalue weighted by Crippen LogP contribution is 2.37. The fraction of sp³-hybridized carbons (Fsp3) is 0.227. The number of aryl methyl sites for hydroxylation is 1. The van der Waals surface area contributed by atoms with Crippen molar-refractivity contribution in [3.8, 4) is 11.3 Å². The normalized spacial score (nSPS) is 16.6. The summed E-state index contributed by atoms with van der Waals surface area (Å²) in [4.78, 5) is 33.1. The molecule has 5 rings (SSSR count). The number of hydrogen-bond donors (Lipinski definition) is 1. The zero-order chi connectivity index (χ0) is 24.1. The number of pyridine rings is 1. The smallest absolute Gasteiger partial charge is 0.258 e. The number of aromatic nitrogens is 5. The van der Waals surface area contributed by atoms with E-state index in [0.717, 1.165) is 40.8 Å². The number of nitrogens with one attached hydrogen (secondary N) is 1. The molecule has 0 saturated carbocycles. The van der Waals surface area contributed by atoms with Crippen LogP contribution in [-0.4, -0.2) is 72.5 Å². The monoisotopic (exact) mass is 447 g/mol. The lowest BCUT2D eigenvalue weighted by molar-refractivity contribution is 0.102. The molecular weight excluding hydrogens is 422 g/mol. The van der Waals surface area contributed by atoms with Crippen molar-refractivity contribution < 1.29 is 4.79 Å². The van der Waals surface area contributed by atoms with E-state index in [4.69, 9.17) is 0 Å². The first-order chi connectivity index (χ1) is 16.1. The van der Waals surface area contributed by atoms with Gasteiger partial charge in [-0.05, 0) is 41.7 Å². The van der Waals surface area contributed by atoms with Gasteiger partial charge in [-0.15, -0.1) is 0 Å². The van der Waals surface area contributed by atoms with Gasteiger partial charge in [0.05, 0.1) is 23.7 Å². The molecule has 1 aliphatic rings. The molecule has 1 amide bonds. The van der Waals surface area contributed by atoms with Crippen LogP contribution in [0.25, 0.3) is 22.2 Å². The molecule has 12 heteroatoms. The fourth-order valence-corrected chi connectivity index (χ4v) is 5.01. The van der Waals surface area contributed by atoms with Gasteiger partial charge < -0.3 is 9.47 Å². The molecule has 1 fully saturated rings. The summed E-state index contributed by atoms with van der Waals surface area (Å²) in [5.41, 5.74) is 3.26. The van der Waals surface area contributed by atoms with Crippen LogP contribution in [0.15, 0.2) is 55.2 Å². The van der Waals surface area contributed by atoms with Crippen LogP contribution in [0, 0.1) is 0 Å². The Balaban J connectivity index is 1.42. The van der Waals surface area contributed by atoms with Gasteiger partial charge in [-0.2, -0.15) is 0 Å². The first-order valence-corrected chi connectivity index (χ1v) is 11.5. The van der Waals surface area contributed by atoms with Crippen molar-refractivity contribution in [3.05, 3.63) is 60.8 Å². The molecule has 4 aromatic rings. The van der Waals surface area contributed by atoms with E-state index in [1.807, 2.05) is 42.1 Å². The Morgan fingerprint density at radius 2 is 1.79 bits per heavy atom. The first kappa shape index (κ1) is 22.3. The second-order valence-electron chi connectivity index (χ2n) is 10.2. The van der Waals surface area contributed by atoms with E-state index in [2.05, 4.69) is 61.5 Å². The SMILES string of the molecule is BC1(B)CCC(B)(B)N1c1cc(C(=O)Nc2ncc3ccc(-c4cncn4C)cc3n2)ccn1. The minimum Gasteiger partial charge on any atom is -0.377 e. The minimum atomic E-state index is -0.263. The van der Waals surface area contributed by atoms with Crippen molar-refractivity contribution in [2.45, 2.75) is 23.5 Å². The predicted molar refractivity (Wildman–Crippen MR) is 145 cm³/mol. The third kappa shape index (κ3) is 3.97. The van der Waals surface area contributed by atoms with E-state index in [-0.39, 0.29) is 22.5 Å². The maximum atomic E-state index is 13.1. The second-order valence-corrected chi connectivity index (χ2v) is 10.2. The molecule has 0 spiro atoms. The van der Waals surface area contributed by atoms with Gasteiger partial charge in [-0.3, -0.25) is 10.1 Å². The largest absolute Gasteiger partial charge is 0.377 e. The number of hydrogen-bond acceptors (Lipinski definition) is 6. The van der Waals surface area contributed by atoms with E-state index in [1.165, 1.54) is 0 Å². The van der Waals surface area contributed by atoms with E-state index in [9.17, 15) is 4.79 Å². The number of rotatable bonds is 4. The quantitative estimate of drug-likeness (QED) is 0.410. The average Bonchev–Trinajstić information content (AvgIpc) is 3.32. The molecule has 3 aromatic heterocycles. The highest BCUT2D eigenvalue weighted by molar-refractivity contribution is 6.48. The van der Waals surface area contributed by atoms with Crippen LogP contribution < -0.4 is 10.2 Å². The Bertz CT molecular complexity index is 1390. The zero-order valence-electron chi connectivity index (χ0n) is 20.2. The fourth-order valence-electron chi connectivity index (χ4n) is 5.01. The van der Waals surface area contributed by atoms with Gasteiger partial charge in [0.2, 0.25) is 5.95 Å². The van der Waals surface area contributed by atoms with E-state index >= 15 is 0 Å². The number of fused-ring (bicyclic) bond motifs is 1. The molecule has 8 nitrogen and oxygen atoms in total. The van der Waals surface area contributed by atoms with E-state index < -0.39 is 0 Å². The number of nitrogens with zero attached hydrogens (tertiary/aromatic N) is 6. The van der Waals surface area contributed by atoms with Crippen molar-refractivity contribution >= 4 is 60.0 Å². The van der Waals surface area contributed by atoms with Crippen LogP contribution in [0.2, 0.25) is 0 Å². The van der Waals surface area contributed by atoms with E-state index in [0.29, 0.717) is 5.56 Å². The Morgan fingerprint density at radius 1 is 1.03 bits per heavy atom. The molecule has 166 valence electrons. The van der Waals surface area contributed by atoms with Gasteiger partial charge in [0, 0.05) is 36.0 Å². The first-order valence-electron chi connectivity index (χ1n) is 11.5. The van der Waals surface area contributed by atoms with Crippen molar-refractivity contribution in [2.24, 2.45) is 7.05 Å². The van der Waals surface area contributed by atoms with Gasteiger partial charge in [0.25, 0.3) is 5.91 Å². The van der Waals surface area contributed by atoms with Crippen molar-refractivity contribution in [2.75, 3.05) is 10.2 Å². The summed E-state index contributed by atoms with van der Waals surface area (Å²) in [6.45, 7) is 0. The molecule has 4 heterocycles. The van der Waals surface area contributed by atoms with Crippen LogP contribution in [0.1, 0.15) is 23.2 Å². The molecule has 0 aliphatic carbocycles. The topological polar surface area (TPSA) is 88.8 Å². The van der Waals surface area contributed by atoms with Crippen LogP contribution in [0.5, 0.6) is 0 Å². The summed E-state index contributed by atoms with van der Waals surface area (Å²) in [7, 11) is 10.8. The number of imidazole rings is 1. The maximum absolute atomic E-state index is 13.1. The number of anilines is 2. The van der Waals surface area contributed by atoms with Gasteiger partial charge in [-0.1, -0.05) is 12.1 Å². The predicted octanol–water partition coefficient (Wildman–Crippen LogP) is -0.882. The molecule has 34 heavy (non-hydrogen) atoms. The third-order valence-corrected chi connectivity index (χ3v) is 6.72. The maximum Gasteiger partial charge on any atom is 0.258 e. The molecule has 1 saturated heterocycles. The standard InChI is InChI=1S/C22H25B4N7O/c1-32-12-27-11-17(32)13-2-3-15-10-29-20(30-16(15)8-13)31-19(34)14-4-7-28-18(9-14)33-21(23,24)5-6-22(33,25)26/h2-4,7-12H,5-6,23-26H2,1H3,(H,29,30,31,34). The van der Waals surface area contributed by atoms with Gasteiger partial charge in [-0.25, -0.2) is 19.9 Å². The third-order valence-electron chi connectivity index (χ3n) is 6.72. The Hall–Kier alpha value is -3.55. The summed E-state index contributed by atoms with van der Waals surface area (Å²) in [6.07, 6.45) is 9.13.